The van der Waals surface area contributed by atoms with Gasteiger partial charge in [0.25, 0.3) is 0 Å². The van der Waals surface area contributed by atoms with Crippen LogP contribution in [0.15, 0.2) is 0 Å². The molecule has 33 heavy (non-hydrogen) atoms. The molecule has 0 saturated carbocycles. The molecule has 12 heteroatoms. The molecule has 0 aromatic rings. The molecule has 12 nitrogen and oxygen atoms in total. The first-order valence-corrected chi connectivity index (χ1v) is 10.8. The van der Waals surface area contributed by atoms with Crippen molar-refractivity contribution in [1.82, 2.24) is 10.2 Å². The second-order valence-electron chi connectivity index (χ2n) is 10.5. The lowest BCUT2D eigenvalue weighted by molar-refractivity contribution is -0.577. The minimum absolute atomic E-state index is 0.0527. The number of aliphatic carboxylic acids is 2. The predicted molar refractivity (Wildman–Crippen MR) is 116 cm³/mol. The summed E-state index contributed by atoms with van der Waals surface area (Å²) in [4.78, 5) is 61.0. The molecule has 1 rings (SSSR count). The van der Waals surface area contributed by atoms with Crippen molar-refractivity contribution in [1.29, 1.82) is 0 Å². The van der Waals surface area contributed by atoms with E-state index in [0.717, 1.165) is 0 Å². The Hall–Kier alpha value is -2.92. The number of alkyl carbamates (subject to hydrolysis) is 1. The van der Waals surface area contributed by atoms with Gasteiger partial charge in [0.05, 0.1) is 5.92 Å². The second kappa shape index (κ2) is 10.3. The van der Waals surface area contributed by atoms with Crippen LogP contribution in [0.25, 0.3) is 0 Å². The quantitative estimate of drug-likeness (QED) is 0.352. The third-order valence-electron chi connectivity index (χ3n) is 5.50. The lowest BCUT2D eigenvalue weighted by atomic mass is 9.77. The normalized spacial score (nSPS) is 18.1. The maximum absolute atomic E-state index is 12.5. The lowest BCUT2D eigenvalue weighted by Gasteiger charge is -2.39. The first-order valence-electron chi connectivity index (χ1n) is 10.8. The van der Waals surface area contributed by atoms with Gasteiger partial charge in [-0.05, 0) is 27.2 Å². The van der Waals surface area contributed by atoms with Crippen molar-refractivity contribution in [2.24, 2.45) is 11.3 Å². The lowest BCUT2D eigenvalue weighted by Crippen LogP contribution is -2.54. The molecule has 2 atom stereocenters. The Bertz CT molecular complexity index is 775. The van der Waals surface area contributed by atoms with Crippen molar-refractivity contribution in [2.75, 3.05) is 13.1 Å². The van der Waals surface area contributed by atoms with Crippen LogP contribution in [-0.4, -0.2) is 74.2 Å². The number of hydrogen-bond donors (Lipinski definition) is 3. The zero-order valence-corrected chi connectivity index (χ0v) is 20.0. The first-order chi connectivity index (χ1) is 14.9. The van der Waals surface area contributed by atoms with Crippen LogP contribution < -0.4 is 5.32 Å². The number of likely N-dealkylation sites (tertiary alicyclic amines) is 1. The Morgan fingerprint density at radius 3 is 1.94 bits per heavy atom. The van der Waals surface area contributed by atoms with Crippen LogP contribution in [0, 0.1) is 21.4 Å². The molecule has 1 aliphatic heterocycles. The van der Waals surface area contributed by atoms with E-state index in [1.165, 1.54) is 4.90 Å². The van der Waals surface area contributed by atoms with Crippen LogP contribution in [0.5, 0.6) is 0 Å². The molecule has 1 heterocycles. The van der Waals surface area contributed by atoms with Crippen LogP contribution in [0.1, 0.15) is 67.2 Å². The molecule has 1 fully saturated rings. The van der Waals surface area contributed by atoms with Gasteiger partial charge in [-0.25, -0.2) is 9.59 Å². The van der Waals surface area contributed by atoms with Crippen molar-refractivity contribution >= 4 is 23.9 Å². The molecular formula is C21H35N3O9. The summed E-state index contributed by atoms with van der Waals surface area (Å²) in [5.74, 6) is -4.44. The summed E-state index contributed by atoms with van der Waals surface area (Å²) in [5.41, 5.74) is -3.17. The fourth-order valence-electron chi connectivity index (χ4n) is 3.75. The summed E-state index contributed by atoms with van der Waals surface area (Å²) in [7, 11) is 0. The largest absolute Gasteiger partial charge is 0.481 e. The van der Waals surface area contributed by atoms with Gasteiger partial charge in [0.1, 0.15) is 11.6 Å². The Morgan fingerprint density at radius 1 is 1.06 bits per heavy atom. The van der Waals surface area contributed by atoms with Crippen molar-refractivity contribution < 1.29 is 39.1 Å². The Labute approximate surface area is 192 Å². The maximum Gasteiger partial charge on any atom is 0.408 e. The van der Waals surface area contributed by atoms with Crippen LogP contribution in [0.3, 0.4) is 0 Å². The number of amides is 2. The number of carboxylic acid groups (broad SMARTS) is 2. The number of ether oxygens (including phenoxy) is 1. The molecule has 0 spiro atoms. The summed E-state index contributed by atoms with van der Waals surface area (Å²) in [6.45, 7) is 10.2. The number of carbonyl (C=O) groups excluding carboxylic acids is 2. The Morgan fingerprint density at radius 2 is 1.58 bits per heavy atom. The van der Waals surface area contributed by atoms with Gasteiger partial charge in [-0.3, -0.25) is 19.7 Å². The first kappa shape index (κ1) is 28.1. The van der Waals surface area contributed by atoms with Gasteiger partial charge in [0.2, 0.25) is 11.4 Å². The van der Waals surface area contributed by atoms with E-state index in [0.29, 0.717) is 0 Å². The Kier molecular flexibility index (Phi) is 8.81. The standard InChI is InChI=1S/C21H35N3O9/c1-19(2,3)17(29)23-9-7-21(8-10-23,24(31)32)12-13(15(25)26)11-14(16(27)28)22-18(30)33-20(4,5)6/h13-14H,7-12H2,1-6H3,(H,22,30)(H,25,26)(H,27,28)/t13?,14-/m0/s1. The van der Waals surface area contributed by atoms with E-state index in [-0.39, 0.29) is 31.8 Å². The van der Waals surface area contributed by atoms with Gasteiger partial charge in [-0.2, -0.15) is 0 Å². The number of hydrogen-bond acceptors (Lipinski definition) is 7. The number of rotatable bonds is 8. The van der Waals surface area contributed by atoms with Crippen LogP contribution in [0.2, 0.25) is 0 Å². The van der Waals surface area contributed by atoms with Gasteiger partial charge in [0.15, 0.2) is 0 Å². The predicted octanol–water partition coefficient (Wildman–Crippen LogP) is 2.13. The van der Waals surface area contributed by atoms with E-state index < -0.39 is 64.3 Å². The summed E-state index contributed by atoms with van der Waals surface area (Å²) in [6, 6.07) is -1.60. The number of carbonyl (C=O) groups is 4. The maximum atomic E-state index is 12.5. The molecule has 2 amide bonds. The second-order valence-corrected chi connectivity index (χ2v) is 10.5. The molecule has 0 aromatic carbocycles. The van der Waals surface area contributed by atoms with Crippen molar-refractivity contribution in [3.8, 4) is 0 Å². The summed E-state index contributed by atoms with van der Waals surface area (Å²) in [5, 5.41) is 33.2. The van der Waals surface area contributed by atoms with Crippen LogP contribution >= 0.6 is 0 Å². The van der Waals surface area contributed by atoms with Crippen molar-refractivity contribution in [2.45, 2.75) is 84.4 Å². The number of nitrogens with zero attached hydrogens (tertiary/aromatic N) is 2. The molecule has 1 aliphatic rings. The Balaban J connectivity index is 3.00. The fourth-order valence-corrected chi connectivity index (χ4v) is 3.75. The monoisotopic (exact) mass is 473 g/mol. The van der Waals surface area contributed by atoms with Crippen LogP contribution in [0.4, 0.5) is 4.79 Å². The molecule has 1 saturated heterocycles. The summed E-state index contributed by atoms with van der Waals surface area (Å²) >= 11 is 0. The van der Waals surface area contributed by atoms with Crippen molar-refractivity contribution in [3.63, 3.8) is 0 Å². The highest BCUT2D eigenvalue weighted by atomic mass is 16.6. The van der Waals surface area contributed by atoms with Gasteiger partial charge in [-0.15, -0.1) is 0 Å². The molecule has 0 aliphatic carbocycles. The van der Waals surface area contributed by atoms with E-state index in [1.54, 1.807) is 41.5 Å². The van der Waals surface area contributed by atoms with Gasteiger partial charge >= 0.3 is 18.0 Å². The smallest absolute Gasteiger partial charge is 0.408 e. The van der Waals surface area contributed by atoms with E-state index in [1.807, 2.05) is 0 Å². The van der Waals surface area contributed by atoms with Crippen LogP contribution in [-0.2, 0) is 19.1 Å². The molecule has 0 aromatic heterocycles. The van der Waals surface area contributed by atoms with Gasteiger partial charge in [0, 0.05) is 42.7 Å². The van der Waals surface area contributed by atoms with Gasteiger partial charge in [-0.1, -0.05) is 20.8 Å². The third-order valence-corrected chi connectivity index (χ3v) is 5.50. The van der Waals surface area contributed by atoms with Gasteiger partial charge < -0.3 is 25.2 Å². The number of nitrogens with one attached hydrogen (secondary N) is 1. The minimum Gasteiger partial charge on any atom is -0.481 e. The van der Waals surface area contributed by atoms with E-state index >= 15 is 0 Å². The van der Waals surface area contributed by atoms with E-state index in [4.69, 9.17) is 4.74 Å². The zero-order valence-electron chi connectivity index (χ0n) is 20.0. The highest BCUT2D eigenvalue weighted by molar-refractivity contribution is 5.82. The van der Waals surface area contributed by atoms with Crippen molar-refractivity contribution in [3.05, 3.63) is 10.1 Å². The minimum atomic E-state index is -1.62. The fraction of sp³-hybridized carbons (Fsp3) is 0.810. The molecular weight excluding hydrogens is 438 g/mol. The highest BCUT2D eigenvalue weighted by Crippen LogP contribution is 2.35. The highest BCUT2D eigenvalue weighted by Gasteiger charge is 2.50. The molecule has 1 unspecified atom stereocenters. The number of piperidine rings is 1. The topological polar surface area (TPSA) is 176 Å². The molecule has 3 N–H and O–H groups in total. The zero-order chi connectivity index (χ0) is 25.8. The molecule has 0 radical (unpaired) electrons. The molecule has 0 bridgehead atoms. The third kappa shape index (κ3) is 8.17. The average molecular weight is 474 g/mol. The summed E-state index contributed by atoms with van der Waals surface area (Å²) < 4.78 is 5.02. The number of carboxylic acids is 2. The SMILES string of the molecule is CC(C)(C)OC(=O)N[C@@H](CC(CC1([N+](=O)[O-])CCN(C(=O)C(C)(C)C)CC1)C(=O)O)C(=O)O. The van der Waals surface area contributed by atoms with E-state index in [2.05, 4.69) is 5.32 Å². The molecule has 188 valence electrons. The number of nitro groups is 1. The average Bonchev–Trinajstić information content (AvgIpc) is 2.64. The summed E-state index contributed by atoms with van der Waals surface area (Å²) in [6.07, 6.45) is -2.11. The van der Waals surface area contributed by atoms with E-state index in [9.17, 15) is 39.5 Å².